The highest BCUT2D eigenvalue weighted by Gasteiger charge is 2.44. The van der Waals surface area contributed by atoms with Gasteiger partial charge in [-0.1, -0.05) is 5.21 Å². The molecule has 1 atom stereocenters. The van der Waals surface area contributed by atoms with Gasteiger partial charge in [0.15, 0.2) is 0 Å². The molecule has 0 radical (unpaired) electrons. The van der Waals surface area contributed by atoms with Crippen molar-refractivity contribution < 1.29 is 13.0 Å². The van der Waals surface area contributed by atoms with Crippen molar-refractivity contribution >= 4 is 28.2 Å². The Morgan fingerprint density at radius 1 is 0.919 bits per heavy atom. The molecule has 1 N–H and O–H groups in total. The Morgan fingerprint density at radius 2 is 1.65 bits per heavy atom. The number of nitrogens with zero attached hydrogens (tertiary/aromatic N) is 7. The second-order valence-electron chi connectivity index (χ2n) is 10.4. The molecule has 1 saturated carbocycles. The van der Waals surface area contributed by atoms with Crippen LogP contribution in [0.25, 0.3) is 17.1 Å². The SMILES string of the molecule is CS(=O)Nc1ccc(-n2cc(-c3cncc(N4CCC(F)(F)CC4)n3)nn2)c(N2CCC3(CC2)CC3)c1. The van der Waals surface area contributed by atoms with Gasteiger partial charge >= 0.3 is 0 Å². The monoisotopic (exact) mass is 528 g/mol. The molecule has 1 spiro atoms. The van der Waals surface area contributed by atoms with E-state index in [0.29, 0.717) is 22.6 Å². The quantitative estimate of drug-likeness (QED) is 0.516. The summed E-state index contributed by atoms with van der Waals surface area (Å²) in [6.45, 7) is 2.41. The second-order valence-corrected chi connectivity index (χ2v) is 11.5. The molecule has 196 valence electrons. The maximum Gasteiger partial charge on any atom is 0.251 e. The molecule has 2 aromatic heterocycles. The molecule has 4 heterocycles. The standard InChI is InChI=1S/C25H30F2N8OS/c1-37(36)31-18-2-3-21(22(14-18)33-10-6-24(4-5-24)7-11-33)35-17-20(30-32-35)19-15-28-16-23(29-19)34-12-8-25(26,27)9-13-34/h2-3,14-17,31H,4-13H2,1H3. The number of alkyl halides is 2. The lowest BCUT2D eigenvalue weighted by Gasteiger charge is -2.35. The average Bonchev–Trinajstić information content (AvgIpc) is 3.44. The molecule has 37 heavy (non-hydrogen) atoms. The van der Waals surface area contributed by atoms with Gasteiger partial charge in [-0.3, -0.25) is 4.98 Å². The maximum absolute atomic E-state index is 13.6. The van der Waals surface area contributed by atoms with E-state index < -0.39 is 16.9 Å². The lowest BCUT2D eigenvalue weighted by molar-refractivity contribution is -0.0221. The summed E-state index contributed by atoms with van der Waals surface area (Å²) in [6.07, 6.45) is 11.3. The van der Waals surface area contributed by atoms with Gasteiger partial charge in [0.05, 0.1) is 30.0 Å². The van der Waals surface area contributed by atoms with E-state index >= 15 is 0 Å². The van der Waals surface area contributed by atoms with Gasteiger partial charge in [0.1, 0.15) is 28.2 Å². The van der Waals surface area contributed by atoms with Crippen molar-refractivity contribution in [3.05, 3.63) is 36.8 Å². The topological polar surface area (TPSA) is 92.1 Å². The second kappa shape index (κ2) is 9.30. The number of hydrogen-bond donors (Lipinski definition) is 1. The van der Waals surface area contributed by atoms with Crippen LogP contribution in [0.3, 0.4) is 0 Å². The normalized spacial score (nSPS) is 21.2. The summed E-state index contributed by atoms with van der Waals surface area (Å²) in [6, 6.07) is 5.87. The van der Waals surface area contributed by atoms with Crippen LogP contribution >= 0.6 is 0 Å². The van der Waals surface area contributed by atoms with E-state index in [1.807, 2.05) is 29.3 Å². The molecule has 0 amide bonds. The van der Waals surface area contributed by atoms with Crippen LogP contribution in [0.5, 0.6) is 0 Å². The van der Waals surface area contributed by atoms with Crippen LogP contribution in [0.2, 0.25) is 0 Å². The fourth-order valence-corrected chi connectivity index (χ4v) is 5.75. The molecular weight excluding hydrogens is 498 g/mol. The first-order valence-electron chi connectivity index (χ1n) is 12.7. The predicted molar refractivity (Wildman–Crippen MR) is 140 cm³/mol. The molecule has 1 aromatic carbocycles. The van der Waals surface area contributed by atoms with Gasteiger partial charge in [-0.15, -0.1) is 5.10 Å². The van der Waals surface area contributed by atoms with Crippen molar-refractivity contribution in [2.24, 2.45) is 5.41 Å². The first-order chi connectivity index (χ1) is 17.8. The Kier molecular flexibility index (Phi) is 6.09. The number of nitrogens with one attached hydrogen (secondary N) is 1. The molecule has 2 saturated heterocycles. The number of rotatable bonds is 6. The Morgan fingerprint density at radius 3 is 2.35 bits per heavy atom. The third-order valence-corrected chi connectivity index (χ3v) is 8.33. The summed E-state index contributed by atoms with van der Waals surface area (Å²) in [5, 5.41) is 8.74. The third kappa shape index (κ3) is 5.16. The van der Waals surface area contributed by atoms with Crippen molar-refractivity contribution in [3.8, 4) is 17.1 Å². The van der Waals surface area contributed by atoms with E-state index in [0.717, 1.165) is 30.2 Å². The van der Waals surface area contributed by atoms with Crippen LogP contribution in [0, 0.1) is 5.41 Å². The largest absolute Gasteiger partial charge is 0.370 e. The smallest absolute Gasteiger partial charge is 0.251 e. The average molecular weight is 529 g/mol. The fourth-order valence-electron chi connectivity index (χ4n) is 5.29. The number of hydrogen-bond acceptors (Lipinski definition) is 7. The molecule has 1 aliphatic carbocycles. The first-order valence-corrected chi connectivity index (χ1v) is 14.2. The molecule has 3 aliphatic rings. The zero-order chi connectivity index (χ0) is 25.6. The van der Waals surface area contributed by atoms with Crippen molar-refractivity contribution in [2.45, 2.75) is 44.4 Å². The van der Waals surface area contributed by atoms with Crippen LogP contribution in [-0.2, 0) is 11.0 Å². The van der Waals surface area contributed by atoms with E-state index in [2.05, 4.69) is 29.9 Å². The summed E-state index contributed by atoms with van der Waals surface area (Å²) in [5.41, 5.74) is 4.31. The summed E-state index contributed by atoms with van der Waals surface area (Å²) in [7, 11) is -1.18. The maximum atomic E-state index is 13.6. The van der Waals surface area contributed by atoms with Crippen LogP contribution in [0.4, 0.5) is 26.0 Å². The molecule has 9 nitrogen and oxygen atoms in total. The van der Waals surface area contributed by atoms with Crippen LogP contribution in [0.15, 0.2) is 36.8 Å². The summed E-state index contributed by atoms with van der Waals surface area (Å²) in [4.78, 5) is 13.1. The molecule has 0 bridgehead atoms. The van der Waals surface area contributed by atoms with Crippen molar-refractivity contribution in [1.82, 2.24) is 25.0 Å². The van der Waals surface area contributed by atoms with E-state index in [9.17, 15) is 13.0 Å². The highest BCUT2D eigenvalue weighted by molar-refractivity contribution is 7.85. The molecular formula is C25H30F2N8OS. The number of benzene rings is 1. The minimum atomic E-state index is -2.62. The molecule has 2 aliphatic heterocycles. The third-order valence-electron chi connectivity index (χ3n) is 7.80. The van der Waals surface area contributed by atoms with Crippen molar-refractivity contribution in [3.63, 3.8) is 0 Å². The zero-order valence-electron chi connectivity index (χ0n) is 20.7. The van der Waals surface area contributed by atoms with Crippen LogP contribution in [-0.4, -0.2) is 67.5 Å². The number of aromatic nitrogens is 5. The number of anilines is 3. The minimum Gasteiger partial charge on any atom is -0.370 e. The summed E-state index contributed by atoms with van der Waals surface area (Å²) in [5.74, 6) is -2.05. The van der Waals surface area contributed by atoms with Crippen LogP contribution < -0.4 is 14.5 Å². The lowest BCUT2D eigenvalue weighted by Crippen LogP contribution is -2.39. The molecule has 12 heteroatoms. The molecule has 3 fully saturated rings. The van der Waals surface area contributed by atoms with Gasteiger partial charge in [-0.25, -0.2) is 22.7 Å². The first kappa shape index (κ1) is 24.2. The van der Waals surface area contributed by atoms with E-state index in [4.69, 9.17) is 0 Å². The molecule has 1 unspecified atom stereocenters. The summed E-state index contributed by atoms with van der Waals surface area (Å²) < 4.78 is 43.7. The predicted octanol–water partition coefficient (Wildman–Crippen LogP) is 4.05. The van der Waals surface area contributed by atoms with E-state index in [1.54, 1.807) is 23.3 Å². The Bertz CT molecular complexity index is 1310. The van der Waals surface area contributed by atoms with Crippen molar-refractivity contribution in [2.75, 3.05) is 47.0 Å². The van der Waals surface area contributed by atoms with Gasteiger partial charge in [-0.2, -0.15) is 0 Å². The van der Waals surface area contributed by atoms with Gasteiger partial charge in [0, 0.05) is 51.0 Å². The van der Waals surface area contributed by atoms with Crippen molar-refractivity contribution in [1.29, 1.82) is 0 Å². The Balaban J connectivity index is 1.27. The highest BCUT2D eigenvalue weighted by Crippen LogP contribution is 2.54. The Labute approximate surface area is 216 Å². The Hall–Kier alpha value is -3.15. The minimum absolute atomic E-state index is 0.189. The highest BCUT2D eigenvalue weighted by atomic mass is 32.2. The van der Waals surface area contributed by atoms with E-state index in [-0.39, 0.29) is 25.9 Å². The fraction of sp³-hybridized carbons (Fsp3) is 0.520. The van der Waals surface area contributed by atoms with Gasteiger partial charge in [0.25, 0.3) is 5.92 Å². The number of halogens is 2. The lowest BCUT2D eigenvalue weighted by atomic mass is 9.93. The number of piperidine rings is 2. The van der Waals surface area contributed by atoms with Gasteiger partial charge in [0.2, 0.25) is 0 Å². The van der Waals surface area contributed by atoms with Crippen LogP contribution in [0.1, 0.15) is 38.5 Å². The summed E-state index contributed by atoms with van der Waals surface area (Å²) >= 11 is 0. The zero-order valence-corrected chi connectivity index (χ0v) is 21.6. The van der Waals surface area contributed by atoms with Gasteiger partial charge < -0.3 is 14.5 Å². The molecule has 6 rings (SSSR count). The van der Waals surface area contributed by atoms with E-state index in [1.165, 1.54) is 25.7 Å². The molecule has 3 aromatic rings. The van der Waals surface area contributed by atoms with Gasteiger partial charge in [-0.05, 0) is 49.3 Å².